The summed E-state index contributed by atoms with van der Waals surface area (Å²) in [4.78, 5) is 28.2. The predicted octanol–water partition coefficient (Wildman–Crippen LogP) is 2.04. The fourth-order valence-electron chi connectivity index (χ4n) is 5.14. The van der Waals surface area contributed by atoms with Gasteiger partial charge in [-0.3, -0.25) is 4.79 Å². The highest BCUT2D eigenvalue weighted by Crippen LogP contribution is 2.28. The monoisotopic (exact) mass is 462 g/mol. The zero-order valence-corrected chi connectivity index (χ0v) is 19.6. The van der Waals surface area contributed by atoms with Gasteiger partial charge in [0, 0.05) is 38.8 Å². The van der Waals surface area contributed by atoms with Crippen molar-refractivity contribution in [1.29, 1.82) is 0 Å². The number of anilines is 1. The fourth-order valence-corrected chi connectivity index (χ4v) is 7.41. The van der Waals surface area contributed by atoms with Crippen molar-refractivity contribution in [3.8, 4) is 0 Å². The van der Waals surface area contributed by atoms with E-state index in [9.17, 15) is 18.0 Å². The molecule has 0 unspecified atom stereocenters. The highest BCUT2D eigenvalue weighted by molar-refractivity contribution is 7.92. The lowest BCUT2D eigenvalue weighted by atomic mass is 10.0. The summed E-state index contributed by atoms with van der Waals surface area (Å²) < 4.78 is 24.8. The number of carbonyl (C=O) groups is 2. The molecule has 3 amide bonds. The number of rotatable bonds is 8. The summed E-state index contributed by atoms with van der Waals surface area (Å²) in [6.45, 7) is 2.80. The Morgan fingerprint density at radius 2 is 1.81 bits per heavy atom. The number of nitrogens with zero attached hydrogens (tertiary/aromatic N) is 2. The minimum Gasteiger partial charge on any atom is -0.372 e. The minimum atomic E-state index is -3.22. The van der Waals surface area contributed by atoms with Gasteiger partial charge in [-0.1, -0.05) is 18.6 Å². The van der Waals surface area contributed by atoms with Gasteiger partial charge in [0.25, 0.3) is 0 Å². The van der Waals surface area contributed by atoms with E-state index in [0.29, 0.717) is 32.2 Å². The summed E-state index contributed by atoms with van der Waals surface area (Å²) in [5, 5.41) is 4.85. The maximum Gasteiger partial charge on any atom is 0.315 e. The molecule has 3 saturated heterocycles. The lowest BCUT2D eigenvalue weighted by molar-refractivity contribution is -0.130. The third kappa shape index (κ3) is 5.19. The number of nitrogens with one attached hydrogen (secondary N) is 2. The van der Waals surface area contributed by atoms with Crippen molar-refractivity contribution in [2.45, 2.75) is 68.8 Å². The number of hydrogen-bond acceptors (Lipinski definition) is 5. The third-order valence-corrected chi connectivity index (χ3v) is 9.23. The van der Waals surface area contributed by atoms with Crippen LogP contribution in [0.5, 0.6) is 0 Å². The lowest BCUT2D eigenvalue weighted by Gasteiger charge is -2.29. The highest BCUT2D eigenvalue weighted by atomic mass is 32.2. The van der Waals surface area contributed by atoms with Gasteiger partial charge < -0.3 is 20.4 Å². The molecule has 32 heavy (non-hydrogen) atoms. The molecule has 0 spiro atoms. The van der Waals surface area contributed by atoms with Gasteiger partial charge >= 0.3 is 6.03 Å². The molecular formula is C23H34N4O4S. The lowest BCUT2D eigenvalue weighted by Crippen LogP contribution is -2.39. The molecule has 0 aliphatic carbocycles. The van der Waals surface area contributed by atoms with Crippen molar-refractivity contribution in [2.75, 3.05) is 30.8 Å². The largest absolute Gasteiger partial charge is 0.372 e. The molecule has 0 bridgehead atoms. The van der Waals surface area contributed by atoms with Gasteiger partial charge in [-0.15, -0.1) is 0 Å². The second-order valence-corrected chi connectivity index (χ2v) is 11.6. The van der Waals surface area contributed by atoms with Crippen molar-refractivity contribution in [2.24, 2.45) is 0 Å². The number of urea groups is 1. The maximum atomic E-state index is 12.5. The molecule has 0 radical (unpaired) electrons. The summed E-state index contributed by atoms with van der Waals surface area (Å²) in [7, 11) is -1.40. The number of benzene rings is 1. The molecule has 3 aliphatic rings. The van der Waals surface area contributed by atoms with E-state index in [1.807, 2.05) is 7.05 Å². The van der Waals surface area contributed by atoms with E-state index in [1.165, 1.54) is 24.9 Å². The van der Waals surface area contributed by atoms with Gasteiger partial charge in [-0.25, -0.2) is 13.2 Å². The smallest absolute Gasteiger partial charge is 0.315 e. The van der Waals surface area contributed by atoms with Crippen LogP contribution in [0.4, 0.5) is 10.5 Å². The number of hydrogen-bond donors (Lipinski definition) is 2. The number of fused-ring (bicyclic) bond motifs is 1. The summed E-state index contributed by atoms with van der Waals surface area (Å²) in [5.41, 5.74) is 2.36. The van der Waals surface area contributed by atoms with Crippen LogP contribution in [0.3, 0.4) is 0 Å². The number of amides is 3. The van der Waals surface area contributed by atoms with Crippen LogP contribution in [0.25, 0.3) is 0 Å². The summed E-state index contributed by atoms with van der Waals surface area (Å²) >= 11 is 0. The Labute approximate surface area is 190 Å². The Balaban J connectivity index is 1.20. The van der Waals surface area contributed by atoms with Crippen molar-refractivity contribution in [3.63, 3.8) is 0 Å². The first kappa shape index (κ1) is 22.9. The molecule has 3 fully saturated rings. The first-order valence-electron chi connectivity index (χ1n) is 11.7. The zero-order chi connectivity index (χ0) is 22.7. The molecule has 1 aromatic rings. The van der Waals surface area contributed by atoms with Gasteiger partial charge in [0.05, 0.1) is 23.1 Å². The topological polar surface area (TPSA) is 98.8 Å². The number of unbranched alkanes of at least 4 members (excludes halogenated alkanes) is 1. The molecule has 0 saturated carbocycles. The zero-order valence-electron chi connectivity index (χ0n) is 18.8. The van der Waals surface area contributed by atoms with Gasteiger partial charge in [0.2, 0.25) is 5.91 Å². The fraction of sp³-hybridized carbons (Fsp3) is 0.652. The Hall–Kier alpha value is -2.29. The maximum absolute atomic E-state index is 12.5. The minimum absolute atomic E-state index is 0.000703. The quantitative estimate of drug-likeness (QED) is 0.455. The number of piperidine rings is 1. The van der Waals surface area contributed by atoms with E-state index in [0.717, 1.165) is 18.7 Å². The number of carbonyl (C=O) groups excluding carboxylic acids is 2. The van der Waals surface area contributed by atoms with Crippen molar-refractivity contribution >= 4 is 27.5 Å². The van der Waals surface area contributed by atoms with Crippen LogP contribution in [0.2, 0.25) is 0 Å². The van der Waals surface area contributed by atoms with E-state index in [2.05, 4.69) is 39.8 Å². The summed E-state index contributed by atoms with van der Waals surface area (Å²) in [6, 6.07) is 7.51. The molecule has 8 nitrogen and oxygen atoms in total. The number of sulfone groups is 1. The first-order valence-corrected chi connectivity index (χ1v) is 13.4. The van der Waals surface area contributed by atoms with Crippen LogP contribution < -0.4 is 15.5 Å². The second kappa shape index (κ2) is 9.68. The molecule has 3 heterocycles. The molecule has 9 heteroatoms. The average Bonchev–Trinajstić information content (AvgIpc) is 3.23. The van der Waals surface area contributed by atoms with Gasteiger partial charge in [0.15, 0.2) is 9.84 Å². The highest BCUT2D eigenvalue weighted by Gasteiger charge is 2.51. The van der Waals surface area contributed by atoms with Gasteiger partial charge in [-0.05, 0) is 49.8 Å². The van der Waals surface area contributed by atoms with E-state index in [1.54, 1.807) is 4.90 Å². The van der Waals surface area contributed by atoms with Crippen LogP contribution in [0, 0.1) is 0 Å². The van der Waals surface area contributed by atoms with Crippen LogP contribution in [-0.2, 0) is 21.2 Å². The molecule has 176 valence electrons. The molecule has 1 aromatic carbocycles. The van der Waals surface area contributed by atoms with E-state index < -0.39 is 15.1 Å². The first-order chi connectivity index (χ1) is 15.3. The molecule has 0 aromatic heterocycles. The van der Waals surface area contributed by atoms with Crippen LogP contribution in [0.1, 0.15) is 50.5 Å². The SMILES string of the molecule is CN(Cc1ccc(N2CCCCC2)cc1)C(=O)CCCC[C@@H]1[C@@H]2NC(=O)N[C@H]2CS1(=O)=O. The van der Waals surface area contributed by atoms with Crippen LogP contribution >= 0.6 is 0 Å². The molecular weight excluding hydrogens is 428 g/mol. The normalized spacial score (nSPS) is 26.3. The van der Waals surface area contributed by atoms with Crippen molar-refractivity contribution in [1.82, 2.24) is 15.5 Å². The Morgan fingerprint density at radius 3 is 2.53 bits per heavy atom. The Kier molecular flexibility index (Phi) is 6.93. The summed E-state index contributed by atoms with van der Waals surface area (Å²) in [6.07, 6.45) is 5.97. The molecule has 4 rings (SSSR count). The van der Waals surface area contributed by atoms with E-state index >= 15 is 0 Å². The van der Waals surface area contributed by atoms with Crippen molar-refractivity contribution in [3.05, 3.63) is 29.8 Å². The van der Waals surface area contributed by atoms with Crippen LogP contribution in [-0.4, -0.2) is 68.5 Å². The molecule has 3 aliphatic heterocycles. The van der Waals surface area contributed by atoms with Crippen molar-refractivity contribution < 1.29 is 18.0 Å². The second-order valence-electron chi connectivity index (χ2n) is 9.33. The Morgan fingerprint density at radius 1 is 1.09 bits per heavy atom. The van der Waals surface area contributed by atoms with Crippen LogP contribution in [0.15, 0.2) is 24.3 Å². The van der Waals surface area contributed by atoms with E-state index in [4.69, 9.17) is 0 Å². The van der Waals surface area contributed by atoms with Gasteiger partial charge in [0.1, 0.15) is 0 Å². The summed E-state index contributed by atoms with van der Waals surface area (Å²) in [5.74, 6) is 0.0624. The predicted molar refractivity (Wildman–Crippen MR) is 124 cm³/mol. The average molecular weight is 463 g/mol. The van der Waals surface area contributed by atoms with E-state index in [-0.39, 0.29) is 29.8 Å². The Bertz CT molecular complexity index is 928. The molecule has 3 atom stereocenters. The molecule has 2 N–H and O–H groups in total. The standard InChI is InChI=1S/C23H34N4O4S/c1-26(15-17-9-11-18(12-10-17)27-13-5-2-6-14-27)21(28)8-4-3-7-20-22-19(16-32(20,30)31)24-23(29)25-22/h9-12,19-20,22H,2-8,13-16H2,1H3,(H2,24,25,29)/t19-,20+,22+/m0/s1. The third-order valence-electron chi connectivity index (χ3n) is 6.95. The van der Waals surface area contributed by atoms with Gasteiger partial charge in [-0.2, -0.15) is 0 Å².